The minimum atomic E-state index is 0.483. The third kappa shape index (κ3) is 2.02. The molecule has 1 aliphatic heterocycles. The van der Waals surface area contributed by atoms with Gasteiger partial charge in [0.1, 0.15) is 0 Å². The smallest absolute Gasteiger partial charge is 0.0793 e. The SMILES string of the molecule is CN(c1ccc(Cl)cc1)C1CCCN1. The molecule has 1 saturated heterocycles. The van der Waals surface area contributed by atoms with E-state index in [2.05, 4.69) is 29.4 Å². The number of anilines is 1. The summed E-state index contributed by atoms with van der Waals surface area (Å²) >= 11 is 5.84. The van der Waals surface area contributed by atoms with Gasteiger partial charge in [0.25, 0.3) is 0 Å². The van der Waals surface area contributed by atoms with E-state index in [4.69, 9.17) is 11.6 Å². The van der Waals surface area contributed by atoms with Crippen LogP contribution in [0.4, 0.5) is 5.69 Å². The molecule has 0 bridgehead atoms. The average Bonchev–Trinajstić information content (AvgIpc) is 2.71. The summed E-state index contributed by atoms with van der Waals surface area (Å²) in [6, 6.07) is 7.98. The van der Waals surface area contributed by atoms with Crippen molar-refractivity contribution in [3.8, 4) is 0 Å². The topological polar surface area (TPSA) is 15.3 Å². The molecule has 0 aliphatic carbocycles. The molecule has 0 amide bonds. The van der Waals surface area contributed by atoms with Gasteiger partial charge in [-0.1, -0.05) is 11.6 Å². The minimum Gasteiger partial charge on any atom is -0.359 e. The van der Waals surface area contributed by atoms with Crippen molar-refractivity contribution in [2.45, 2.75) is 19.0 Å². The maximum Gasteiger partial charge on any atom is 0.0793 e. The van der Waals surface area contributed by atoms with Gasteiger partial charge in [-0.2, -0.15) is 0 Å². The molecular formula is C11H15ClN2. The third-order valence-electron chi connectivity index (χ3n) is 2.74. The largest absolute Gasteiger partial charge is 0.359 e. The van der Waals surface area contributed by atoms with Crippen LogP contribution in [-0.2, 0) is 0 Å². The maximum absolute atomic E-state index is 5.84. The van der Waals surface area contributed by atoms with Crippen LogP contribution >= 0.6 is 11.6 Å². The number of hydrogen-bond donors (Lipinski definition) is 1. The molecule has 14 heavy (non-hydrogen) atoms. The van der Waals surface area contributed by atoms with Crippen LogP contribution in [-0.4, -0.2) is 19.8 Å². The number of benzene rings is 1. The Hall–Kier alpha value is -0.730. The summed E-state index contributed by atoms with van der Waals surface area (Å²) in [5.41, 5.74) is 1.22. The molecule has 0 spiro atoms. The molecule has 0 saturated carbocycles. The van der Waals surface area contributed by atoms with Crippen molar-refractivity contribution in [2.75, 3.05) is 18.5 Å². The first-order chi connectivity index (χ1) is 6.77. The lowest BCUT2D eigenvalue weighted by Gasteiger charge is -2.26. The van der Waals surface area contributed by atoms with Crippen molar-refractivity contribution < 1.29 is 0 Å². The fourth-order valence-electron chi connectivity index (χ4n) is 1.85. The number of rotatable bonds is 2. The fourth-order valence-corrected chi connectivity index (χ4v) is 1.98. The van der Waals surface area contributed by atoms with Crippen LogP contribution in [0, 0.1) is 0 Å². The molecular weight excluding hydrogens is 196 g/mol. The van der Waals surface area contributed by atoms with Gasteiger partial charge in [0, 0.05) is 17.8 Å². The summed E-state index contributed by atoms with van der Waals surface area (Å²) in [6.07, 6.45) is 2.97. The molecule has 1 fully saturated rings. The second-order valence-corrected chi connectivity index (χ2v) is 4.14. The zero-order valence-corrected chi connectivity index (χ0v) is 9.09. The van der Waals surface area contributed by atoms with Gasteiger partial charge >= 0.3 is 0 Å². The Bertz CT molecular complexity index is 291. The van der Waals surface area contributed by atoms with Crippen molar-refractivity contribution in [2.24, 2.45) is 0 Å². The summed E-state index contributed by atoms with van der Waals surface area (Å²) in [7, 11) is 2.12. The van der Waals surface area contributed by atoms with Gasteiger partial charge in [0.15, 0.2) is 0 Å². The van der Waals surface area contributed by atoms with Crippen LogP contribution in [0.25, 0.3) is 0 Å². The predicted octanol–water partition coefficient (Wildman–Crippen LogP) is 2.49. The Labute approximate surface area is 89.9 Å². The van der Waals surface area contributed by atoms with E-state index in [-0.39, 0.29) is 0 Å². The number of halogens is 1. The van der Waals surface area contributed by atoms with Crippen LogP contribution in [0.2, 0.25) is 5.02 Å². The molecule has 2 rings (SSSR count). The van der Waals surface area contributed by atoms with E-state index in [1.165, 1.54) is 18.5 Å². The molecule has 76 valence electrons. The number of hydrogen-bond acceptors (Lipinski definition) is 2. The Kier molecular flexibility index (Phi) is 2.94. The highest BCUT2D eigenvalue weighted by atomic mass is 35.5. The van der Waals surface area contributed by atoms with Gasteiger partial charge in [-0.25, -0.2) is 0 Å². The molecule has 3 heteroatoms. The first kappa shape index (κ1) is 9.81. The van der Waals surface area contributed by atoms with Gasteiger partial charge in [-0.3, -0.25) is 5.32 Å². The molecule has 1 heterocycles. The standard InChI is InChI=1S/C11H15ClN2/c1-14(11-3-2-8-13-11)10-6-4-9(12)5-7-10/h4-7,11,13H,2-3,8H2,1H3. The second kappa shape index (κ2) is 4.20. The van der Waals surface area contributed by atoms with E-state index < -0.39 is 0 Å². The summed E-state index contributed by atoms with van der Waals surface area (Å²) in [5, 5.41) is 4.26. The third-order valence-corrected chi connectivity index (χ3v) is 2.99. The molecule has 1 aromatic carbocycles. The summed E-state index contributed by atoms with van der Waals surface area (Å²) in [5.74, 6) is 0. The lowest BCUT2D eigenvalue weighted by atomic mass is 10.2. The zero-order chi connectivity index (χ0) is 9.97. The summed E-state index contributed by atoms with van der Waals surface area (Å²) in [4.78, 5) is 2.27. The monoisotopic (exact) mass is 210 g/mol. The minimum absolute atomic E-state index is 0.483. The molecule has 0 radical (unpaired) electrons. The number of nitrogens with zero attached hydrogens (tertiary/aromatic N) is 1. The highest BCUT2D eigenvalue weighted by molar-refractivity contribution is 6.30. The highest BCUT2D eigenvalue weighted by Gasteiger charge is 2.18. The second-order valence-electron chi connectivity index (χ2n) is 3.70. The van der Waals surface area contributed by atoms with Gasteiger partial charge in [-0.15, -0.1) is 0 Å². The van der Waals surface area contributed by atoms with Gasteiger partial charge in [0.2, 0.25) is 0 Å². The van der Waals surface area contributed by atoms with Gasteiger partial charge < -0.3 is 4.90 Å². The van der Waals surface area contributed by atoms with Crippen molar-refractivity contribution in [3.05, 3.63) is 29.3 Å². The fraction of sp³-hybridized carbons (Fsp3) is 0.455. The zero-order valence-electron chi connectivity index (χ0n) is 8.33. The van der Waals surface area contributed by atoms with Crippen molar-refractivity contribution in [1.29, 1.82) is 0 Å². The van der Waals surface area contributed by atoms with Crippen LogP contribution in [0.5, 0.6) is 0 Å². The Balaban J connectivity index is 2.09. The lowest BCUT2D eigenvalue weighted by molar-refractivity contribution is 0.594. The molecule has 1 N–H and O–H groups in total. The van der Waals surface area contributed by atoms with Gasteiger partial charge in [-0.05, 0) is 43.7 Å². The number of nitrogens with one attached hydrogen (secondary N) is 1. The van der Waals surface area contributed by atoms with E-state index >= 15 is 0 Å². The van der Waals surface area contributed by atoms with Crippen LogP contribution in [0.15, 0.2) is 24.3 Å². The van der Waals surface area contributed by atoms with E-state index in [0.717, 1.165) is 11.6 Å². The van der Waals surface area contributed by atoms with Crippen molar-refractivity contribution in [1.82, 2.24) is 5.32 Å². The molecule has 1 aromatic rings. The first-order valence-electron chi connectivity index (χ1n) is 4.99. The molecule has 1 atom stereocenters. The maximum atomic E-state index is 5.84. The Morgan fingerprint density at radius 3 is 2.64 bits per heavy atom. The van der Waals surface area contributed by atoms with E-state index in [1.54, 1.807) is 0 Å². The first-order valence-corrected chi connectivity index (χ1v) is 5.37. The van der Waals surface area contributed by atoms with Crippen molar-refractivity contribution in [3.63, 3.8) is 0 Å². The van der Waals surface area contributed by atoms with Crippen molar-refractivity contribution >= 4 is 17.3 Å². The summed E-state index contributed by atoms with van der Waals surface area (Å²) < 4.78 is 0. The lowest BCUT2D eigenvalue weighted by Crippen LogP contribution is -2.39. The van der Waals surface area contributed by atoms with E-state index in [9.17, 15) is 0 Å². The molecule has 2 nitrogen and oxygen atoms in total. The molecule has 1 aliphatic rings. The average molecular weight is 211 g/mol. The van der Waals surface area contributed by atoms with Crippen LogP contribution in [0.1, 0.15) is 12.8 Å². The van der Waals surface area contributed by atoms with E-state index in [1.807, 2.05) is 12.1 Å². The van der Waals surface area contributed by atoms with Crippen LogP contribution < -0.4 is 10.2 Å². The molecule has 0 aromatic heterocycles. The van der Waals surface area contributed by atoms with E-state index in [0.29, 0.717) is 6.17 Å². The Morgan fingerprint density at radius 1 is 1.36 bits per heavy atom. The summed E-state index contributed by atoms with van der Waals surface area (Å²) in [6.45, 7) is 1.13. The Morgan fingerprint density at radius 2 is 2.07 bits per heavy atom. The normalized spacial score (nSPS) is 21.1. The van der Waals surface area contributed by atoms with Crippen LogP contribution in [0.3, 0.4) is 0 Å². The quantitative estimate of drug-likeness (QED) is 0.807. The van der Waals surface area contributed by atoms with Gasteiger partial charge in [0.05, 0.1) is 6.17 Å². The molecule has 1 unspecified atom stereocenters. The highest BCUT2D eigenvalue weighted by Crippen LogP contribution is 2.20. The predicted molar refractivity (Wildman–Crippen MR) is 60.9 cm³/mol.